The van der Waals surface area contributed by atoms with Crippen LogP contribution in [0, 0.1) is 0 Å². The number of benzene rings is 2. The van der Waals surface area contributed by atoms with E-state index in [1.54, 1.807) is 48.5 Å². The fourth-order valence-electron chi connectivity index (χ4n) is 2.14. The van der Waals surface area contributed by atoms with Crippen LogP contribution in [-0.2, 0) is 19.7 Å². The summed E-state index contributed by atoms with van der Waals surface area (Å²) in [5.41, 5.74) is 0. The van der Waals surface area contributed by atoms with Crippen LogP contribution in [0.2, 0.25) is 0 Å². The van der Waals surface area contributed by atoms with Gasteiger partial charge >= 0.3 is 0 Å². The molecule has 0 heterocycles. The van der Waals surface area contributed by atoms with Gasteiger partial charge in [0, 0.05) is 8.95 Å². The first-order valence-corrected chi connectivity index (χ1v) is 12.1. The lowest BCUT2D eigenvalue weighted by Crippen LogP contribution is -2.11. The van der Waals surface area contributed by atoms with Gasteiger partial charge in [0.25, 0.3) is 0 Å². The summed E-state index contributed by atoms with van der Waals surface area (Å²) < 4.78 is 50.4. The molecule has 0 N–H and O–H groups in total. The molecule has 0 aromatic heterocycles. The van der Waals surface area contributed by atoms with E-state index in [4.69, 9.17) is 0 Å². The number of rotatable bonds is 7. The SMILES string of the molecule is O=S(=O)(CCCCS(=O)(=O)c1cccc(Br)c1)c1cccc(Br)c1. The van der Waals surface area contributed by atoms with Crippen molar-refractivity contribution in [2.45, 2.75) is 22.6 Å². The molecule has 0 saturated carbocycles. The molecule has 0 unspecified atom stereocenters. The van der Waals surface area contributed by atoms with Gasteiger partial charge in [0.1, 0.15) is 0 Å². The van der Waals surface area contributed by atoms with Crippen molar-refractivity contribution in [3.63, 3.8) is 0 Å². The lowest BCUT2D eigenvalue weighted by atomic mass is 10.4. The number of hydrogen-bond acceptors (Lipinski definition) is 4. The van der Waals surface area contributed by atoms with Crippen molar-refractivity contribution in [3.05, 3.63) is 57.5 Å². The average molecular weight is 496 g/mol. The molecule has 2 rings (SSSR count). The maximum atomic E-state index is 12.2. The van der Waals surface area contributed by atoms with Crippen molar-refractivity contribution in [1.82, 2.24) is 0 Å². The molecule has 130 valence electrons. The normalized spacial score (nSPS) is 12.2. The second kappa shape index (κ2) is 8.12. The van der Waals surface area contributed by atoms with Gasteiger partial charge in [-0.25, -0.2) is 16.8 Å². The first kappa shape index (κ1) is 19.6. The monoisotopic (exact) mass is 494 g/mol. The van der Waals surface area contributed by atoms with Gasteiger partial charge < -0.3 is 0 Å². The minimum atomic E-state index is -3.40. The minimum absolute atomic E-state index is 0.0720. The van der Waals surface area contributed by atoms with Gasteiger partial charge in [-0.1, -0.05) is 44.0 Å². The lowest BCUT2D eigenvalue weighted by molar-refractivity contribution is 0.585. The zero-order valence-corrected chi connectivity index (χ0v) is 17.5. The molecule has 0 fully saturated rings. The summed E-state index contributed by atoms with van der Waals surface area (Å²) in [6.07, 6.45) is 0.587. The summed E-state index contributed by atoms with van der Waals surface area (Å²) in [6.45, 7) is 0. The summed E-state index contributed by atoms with van der Waals surface area (Å²) in [5.74, 6) is -0.144. The topological polar surface area (TPSA) is 68.3 Å². The fraction of sp³-hybridized carbons (Fsp3) is 0.250. The number of halogens is 2. The molecule has 8 heteroatoms. The molecule has 0 bridgehead atoms. The Morgan fingerprint density at radius 1 is 0.667 bits per heavy atom. The molecule has 0 amide bonds. The van der Waals surface area contributed by atoms with Gasteiger partial charge in [0.05, 0.1) is 21.3 Å². The van der Waals surface area contributed by atoms with Gasteiger partial charge in [-0.2, -0.15) is 0 Å². The van der Waals surface area contributed by atoms with Crippen LogP contribution in [0.5, 0.6) is 0 Å². The zero-order chi connectivity index (χ0) is 17.8. The highest BCUT2D eigenvalue weighted by molar-refractivity contribution is 9.10. The molecule has 4 nitrogen and oxygen atoms in total. The van der Waals surface area contributed by atoms with Crippen molar-refractivity contribution in [2.24, 2.45) is 0 Å². The smallest absolute Gasteiger partial charge is 0.178 e. The van der Waals surface area contributed by atoms with Gasteiger partial charge in [-0.05, 0) is 49.2 Å². The first-order valence-electron chi connectivity index (χ1n) is 7.17. The molecule has 0 aliphatic rings. The van der Waals surface area contributed by atoms with E-state index in [0.29, 0.717) is 21.8 Å². The van der Waals surface area contributed by atoms with Crippen LogP contribution in [0.3, 0.4) is 0 Å². The number of unbranched alkanes of at least 4 members (excludes halogenated alkanes) is 1. The summed E-state index contributed by atoms with van der Waals surface area (Å²) in [4.78, 5) is 0.485. The molecule has 0 spiro atoms. The molecule has 24 heavy (non-hydrogen) atoms. The molecule has 0 aliphatic heterocycles. The average Bonchev–Trinajstić information content (AvgIpc) is 2.52. The summed E-state index contributed by atoms with van der Waals surface area (Å²) in [5, 5.41) is 0. The molecule has 2 aromatic rings. The number of hydrogen-bond donors (Lipinski definition) is 0. The molecule has 0 radical (unpaired) electrons. The van der Waals surface area contributed by atoms with E-state index < -0.39 is 19.7 Å². The molecular weight excluding hydrogens is 480 g/mol. The Balaban J connectivity index is 1.95. The van der Waals surface area contributed by atoms with Gasteiger partial charge in [0.15, 0.2) is 19.7 Å². The first-order chi connectivity index (χ1) is 11.2. The third kappa shape index (κ3) is 5.40. The van der Waals surface area contributed by atoms with E-state index in [0.717, 1.165) is 0 Å². The highest BCUT2D eigenvalue weighted by Gasteiger charge is 2.17. The highest BCUT2D eigenvalue weighted by atomic mass is 79.9. The maximum absolute atomic E-state index is 12.2. The van der Waals surface area contributed by atoms with Gasteiger partial charge in [0.2, 0.25) is 0 Å². The van der Waals surface area contributed by atoms with Crippen LogP contribution in [0.1, 0.15) is 12.8 Å². The molecule has 0 atom stereocenters. The van der Waals surface area contributed by atoms with Crippen LogP contribution in [-0.4, -0.2) is 28.3 Å². The Hall–Kier alpha value is -0.700. The Morgan fingerprint density at radius 2 is 1.04 bits per heavy atom. The van der Waals surface area contributed by atoms with Crippen LogP contribution in [0.25, 0.3) is 0 Å². The Bertz CT molecular complexity index is 845. The Morgan fingerprint density at radius 3 is 1.38 bits per heavy atom. The van der Waals surface area contributed by atoms with E-state index in [2.05, 4.69) is 31.9 Å². The highest BCUT2D eigenvalue weighted by Crippen LogP contribution is 2.20. The van der Waals surface area contributed by atoms with Gasteiger partial charge in [-0.15, -0.1) is 0 Å². The second-order valence-corrected chi connectivity index (χ2v) is 11.3. The third-order valence-electron chi connectivity index (χ3n) is 3.39. The standard InChI is InChI=1S/C16H16Br2O4S2/c17-13-5-3-7-15(11-13)23(19,20)9-1-2-10-24(21,22)16-8-4-6-14(18)12-16/h3-8,11-12H,1-2,9-10H2. The van der Waals surface area contributed by atoms with E-state index in [1.165, 1.54) is 0 Å². The fourth-order valence-corrected chi connectivity index (χ4v) is 6.07. The number of sulfone groups is 2. The van der Waals surface area contributed by atoms with Crippen molar-refractivity contribution in [1.29, 1.82) is 0 Å². The van der Waals surface area contributed by atoms with Crippen LogP contribution in [0.15, 0.2) is 67.3 Å². The molecule has 0 saturated heterocycles. The molecular formula is C16H16Br2O4S2. The van der Waals surface area contributed by atoms with Crippen molar-refractivity contribution in [2.75, 3.05) is 11.5 Å². The van der Waals surface area contributed by atoms with E-state index >= 15 is 0 Å². The molecule has 2 aromatic carbocycles. The van der Waals surface area contributed by atoms with Crippen LogP contribution >= 0.6 is 31.9 Å². The zero-order valence-electron chi connectivity index (χ0n) is 12.7. The predicted molar refractivity (Wildman–Crippen MR) is 102 cm³/mol. The second-order valence-electron chi connectivity index (χ2n) is 5.26. The Kier molecular flexibility index (Phi) is 6.64. The minimum Gasteiger partial charge on any atom is -0.224 e. The maximum Gasteiger partial charge on any atom is 0.178 e. The quantitative estimate of drug-likeness (QED) is 0.538. The van der Waals surface area contributed by atoms with Crippen LogP contribution < -0.4 is 0 Å². The van der Waals surface area contributed by atoms with Crippen molar-refractivity contribution >= 4 is 51.5 Å². The largest absolute Gasteiger partial charge is 0.224 e. The summed E-state index contributed by atoms with van der Waals surface area (Å²) in [6, 6.07) is 13.0. The lowest BCUT2D eigenvalue weighted by Gasteiger charge is -2.07. The van der Waals surface area contributed by atoms with Gasteiger partial charge in [-0.3, -0.25) is 0 Å². The van der Waals surface area contributed by atoms with E-state index in [9.17, 15) is 16.8 Å². The third-order valence-corrected chi connectivity index (χ3v) is 7.97. The van der Waals surface area contributed by atoms with E-state index in [1.807, 2.05) is 0 Å². The van der Waals surface area contributed by atoms with Crippen molar-refractivity contribution in [3.8, 4) is 0 Å². The van der Waals surface area contributed by atoms with Crippen molar-refractivity contribution < 1.29 is 16.8 Å². The van der Waals surface area contributed by atoms with Crippen LogP contribution in [0.4, 0.5) is 0 Å². The summed E-state index contributed by atoms with van der Waals surface area (Å²) >= 11 is 6.49. The molecule has 0 aliphatic carbocycles. The summed E-state index contributed by atoms with van der Waals surface area (Å²) in [7, 11) is -6.81. The predicted octanol–water partition coefficient (Wildman–Crippen LogP) is 4.24. The Labute approximate surface area is 159 Å². The van der Waals surface area contributed by atoms with E-state index in [-0.39, 0.29) is 21.3 Å².